The van der Waals surface area contributed by atoms with Gasteiger partial charge in [0, 0.05) is 11.1 Å². The second-order valence-electron chi connectivity index (χ2n) is 5.86. The fraction of sp³-hybridized carbons (Fsp3) is 0.438. The van der Waals surface area contributed by atoms with Gasteiger partial charge in [0.05, 0.1) is 17.9 Å². The molecule has 1 saturated heterocycles. The van der Waals surface area contributed by atoms with Crippen LogP contribution in [-0.2, 0) is 4.79 Å². The zero-order valence-electron chi connectivity index (χ0n) is 13.1. The summed E-state index contributed by atoms with van der Waals surface area (Å²) >= 11 is 6.07. The van der Waals surface area contributed by atoms with Gasteiger partial charge < -0.3 is 5.32 Å². The van der Waals surface area contributed by atoms with Crippen molar-refractivity contribution in [2.75, 3.05) is 18.4 Å². The Hall–Kier alpha value is -1.92. The largest absolute Gasteiger partial charge is 0.323 e. The Morgan fingerprint density at radius 2 is 2.30 bits per heavy atom. The maximum absolute atomic E-state index is 12.4. The Kier molecular flexibility index (Phi) is 4.93. The van der Waals surface area contributed by atoms with Crippen LogP contribution in [-0.4, -0.2) is 44.7 Å². The predicted molar refractivity (Wildman–Crippen MR) is 89.9 cm³/mol. The zero-order valence-corrected chi connectivity index (χ0v) is 13.8. The van der Waals surface area contributed by atoms with E-state index < -0.39 is 0 Å². The number of hydrogen-bond acceptors (Lipinski definition) is 4. The number of anilines is 1. The third-order valence-corrected chi connectivity index (χ3v) is 4.42. The number of carbonyl (C=O) groups is 1. The highest BCUT2D eigenvalue weighted by Crippen LogP contribution is 2.24. The van der Waals surface area contributed by atoms with E-state index >= 15 is 0 Å². The Bertz CT molecular complexity index is 673. The summed E-state index contributed by atoms with van der Waals surface area (Å²) in [6.07, 6.45) is 6.58. The van der Waals surface area contributed by atoms with Gasteiger partial charge in [-0.15, -0.1) is 0 Å². The number of piperidine rings is 1. The number of nitrogens with zero attached hydrogens (tertiary/aromatic N) is 4. The number of carbonyl (C=O) groups excluding carboxylic acids is 1. The van der Waals surface area contributed by atoms with E-state index in [-0.39, 0.29) is 5.91 Å². The van der Waals surface area contributed by atoms with Gasteiger partial charge in [0.15, 0.2) is 0 Å². The average Bonchev–Trinajstić information content (AvgIpc) is 3.04. The first-order chi connectivity index (χ1) is 11.1. The van der Waals surface area contributed by atoms with Crippen LogP contribution < -0.4 is 5.32 Å². The van der Waals surface area contributed by atoms with Gasteiger partial charge in [0.1, 0.15) is 12.7 Å². The van der Waals surface area contributed by atoms with E-state index in [1.54, 1.807) is 23.1 Å². The summed E-state index contributed by atoms with van der Waals surface area (Å²) in [6, 6.07) is 5.76. The van der Waals surface area contributed by atoms with Gasteiger partial charge in [0.2, 0.25) is 5.91 Å². The molecule has 1 N–H and O–H groups in total. The van der Waals surface area contributed by atoms with Crippen molar-refractivity contribution in [3.05, 3.63) is 35.9 Å². The molecule has 1 aliphatic rings. The second kappa shape index (κ2) is 7.10. The number of amides is 1. The highest BCUT2D eigenvalue weighted by molar-refractivity contribution is 6.31. The number of halogens is 1. The number of rotatable bonds is 4. The van der Waals surface area contributed by atoms with Crippen LogP contribution in [0, 0.1) is 0 Å². The molecule has 3 rings (SSSR count). The van der Waals surface area contributed by atoms with Crippen molar-refractivity contribution in [2.24, 2.45) is 0 Å². The van der Waals surface area contributed by atoms with Gasteiger partial charge in [-0.1, -0.05) is 18.0 Å². The molecule has 0 spiro atoms. The Morgan fingerprint density at radius 3 is 3.04 bits per heavy atom. The highest BCUT2D eigenvalue weighted by Gasteiger charge is 2.21. The van der Waals surface area contributed by atoms with Crippen LogP contribution in [0.1, 0.15) is 26.2 Å². The summed E-state index contributed by atoms with van der Waals surface area (Å²) in [7, 11) is 0. The molecule has 23 heavy (non-hydrogen) atoms. The predicted octanol–water partition coefficient (Wildman–Crippen LogP) is 2.73. The zero-order chi connectivity index (χ0) is 16.2. The SMILES string of the molecule is C[C@H]1CCCCN1CC(=O)Nc1cc(Cl)ccc1-n1cncn1. The van der Waals surface area contributed by atoms with Gasteiger partial charge in [-0.05, 0) is 44.5 Å². The summed E-state index contributed by atoms with van der Waals surface area (Å²) in [6.45, 7) is 3.54. The monoisotopic (exact) mass is 333 g/mol. The number of aromatic nitrogens is 3. The topological polar surface area (TPSA) is 63.1 Å². The summed E-state index contributed by atoms with van der Waals surface area (Å²) in [4.78, 5) is 18.6. The van der Waals surface area contributed by atoms with E-state index in [2.05, 4.69) is 27.2 Å². The van der Waals surface area contributed by atoms with Gasteiger partial charge in [0.25, 0.3) is 0 Å². The molecular weight excluding hydrogens is 314 g/mol. The van der Waals surface area contributed by atoms with Crippen LogP contribution in [0.2, 0.25) is 5.02 Å². The molecule has 0 saturated carbocycles. The molecule has 122 valence electrons. The van der Waals surface area contributed by atoms with E-state index in [1.807, 2.05) is 6.07 Å². The molecular formula is C16H20ClN5O. The number of benzene rings is 1. The first-order valence-electron chi connectivity index (χ1n) is 7.82. The van der Waals surface area contributed by atoms with Gasteiger partial charge in [-0.25, -0.2) is 9.67 Å². The number of likely N-dealkylation sites (tertiary alicyclic amines) is 1. The number of nitrogens with one attached hydrogen (secondary N) is 1. The summed E-state index contributed by atoms with van der Waals surface area (Å²) in [5, 5.41) is 7.63. The normalized spacial score (nSPS) is 18.8. The maximum atomic E-state index is 12.4. The molecule has 1 amide bonds. The molecule has 0 radical (unpaired) electrons. The molecule has 2 aromatic rings. The summed E-state index contributed by atoms with van der Waals surface area (Å²) in [5.41, 5.74) is 1.38. The van der Waals surface area contributed by atoms with Gasteiger partial charge in [-0.2, -0.15) is 5.10 Å². The summed E-state index contributed by atoms with van der Waals surface area (Å²) < 4.78 is 1.61. The Labute approximate surface area is 140 Å². The average molecular weight is 334 g/mol. The molecule has 6 nitrogen and oxygen atoms in total. The van der Waals surface area contributed by atoms with Crippen LogP contribution in [0.5, 0.6) is 0 Å². The Morgan fingerprint density at radius 1 is 1.43 bits per heavy atom. The van der Waals surface area contributed by atoms with Crippen LogP contribution in [0.25, 0.3) is 5.69 Å². The fourth-order valence-electron chi connectivity index (χ4n) is 2.91. The van der Waals surface area contributed by atoms with Crippen molar-refractivity contribution < 1.29 is 4.79 Å². The van der Waals surface area contributed by atoms with Gasteiger partial charge >= 0.3 is 0 Å². The van der Waals surface area contributed by atoms with Crippen molar-refractivity contribution in [2.45, 2.75) is 32.2 Å². The van der Waals surface area contributed by atoms with E-state index in [0.29, 0.717) is 23.3 Å². The molecule has 0 unspecified atom stereocenters. The van der Waals surface area contributed by atoms with E-state index in [9.17, 15) is 4.79 Å². The van der Waals surface area contributed by atoms with Crippen molar-refractivity contribution in [1.29, 1.82) is 0 Å². The highest BCUT2D eigenvalue weighted by atomic mass is 35.5. The standard InChI is InChI=1S/C16H20ClN5O/c1-12-4-2-3-7-21(12)9-16(23)20-14-8-13(17)5-6-15(14)22-11-18-10-19-22/h5-6,8,10-12H,2-4,7,9H2,1H3,(H,20,23)/t12-/m0/s1. The van der Waals surface area contributed by atoms with Crippen molar-refractivity contribution >= 4 is 23.2 Å². The molecule has 1 atom stereocenters. The quantitative estimate of drug-likeness (QED) is 0.934. The van der Waals surface area contributed by atoms with Crippen LogP contribution >= 0.6 is 11.6 Å². The fourth-order valence-corrected chi connectivity index (χ4v) is 3.08. The first kappa shape index (κ1) is 16.0. The van der Waals surface area contributed by atoms with Crippen LogP contribution in [0.4, 0.5) is 5.69 Å². The van der Waals surface area contributed by atoms with E-state index in [0.717, 1.165) is 25.1 Å². The lowest BCUT2D eigenvalue weighted by molar-refractivity contribution is -0.118. The molecule has 1 fully saturated rings. The first-order valence-corrected chi connectivity index (χ1v) is 8.20. The molecule has 0 bridgehead atoms. The minimum Gasteiger partial charge on any atom is -0.323 e. The van der Waals surface area contributed by atoms with E-state index in [4.69, 9.17) is 11.6 Å². The number of hydrogen-bond donors (Lipinski definition) is 1. The van der Waals surface area contributed by atoms with Gasteiger partial charge in [-0.3, -0.25) is 9.69 Å². The molecule has 7 heteroatoms. The smallest absolute Gasteiger partial charge is 0.238 e. The third kappa shape index (κ3) is 3.89. The minimum absolute atomic E-state index is 0.0395. The third-order valence-electron chi connectivity index (χ3n) is 4.19. The maximum Gasteiger partial charge on any atom is 0.238 e. The van der Waals surface area contributed by atoms with Crippen LogP contribution in [0.15, 0.2) is 30.9 Å². The minimum atomic E-state index is -0.0395. The van der Waals surface area contributed by atoms with Crippen molar-refractivity contribution in [3.63, 3.8) is 0 Å². The lowest BCUT2D eigenvalue weighted by Gasteiger charge is -2.32. The van der Waals surface area contributed by atoms with E-state index in [1.165, 1.54) is 12.7 Å². The summed E-state index contributed by atoms with van der Waals surface area (Å²) in [5.74, 6) is -0.0395. The molecule has 1 aromatic heterocycles. The molecule has 2 heterocycles. The molecule has 1 aromatic carbocycles. The van der Waals surface area contributed by atoms with Crippen molar-refractivity contribution in [1.82, 2.24) is 19.7 Å². The lowest BCUT2D eigenvalue weighted by atomic mass is 10.0. The second-order valence-corrected chi connectivity index (χ2v) is 6.30. The molecule has 1 aliphatic heterocycles. The Balaban J connectivity index is 1.74. The van der Waals surface area contributed by atoms with Crippen molar-refractivity contribution in [3.8, 4) is 5.69 Å². The lowest BCUT2D eigenvalue weighted by Crippen LogP contribution is -2.42. The van der Waals surface area contributed by atoms with Crippen LogP contribution in [0.3, 0.4) is 0 Å². The molecule has 0 aliphatic carbocycles.